The smallest absolute Gasteiger partial charge is 0.376 e. The second-order valence-corrected chi connectivity index (χ2v) is 3.59. The van der Waals surface area contributed by atoms with Crippen molar-refractivity contribution in [1.29, 1.82) is 0 Å². The first kappa shape index (κ1) is 12.3. The fourth-order valence-electron chi connectivity index (χ4n) is 1.48. The van der Waals surface area contributed by atoms with Crippen molar-refractivity contribution in [3.05, 3.63) is 23.7 Å². The summed E-state index contributed by atoms with van der Waals surface area (Å²) in [4.78, 5) is 15.7. The SMILES string of the molecule is COCc1nc(-c2ccn(C)n2)oc1C(=O)OC. The van der Waals surface area contributed by atoms with Gasteiger partial charge in [-0.05, 0) is 6.07 Å². The standard InChI is InChI=1S/C11H13N3O4/c1-14-5-4-7(13-14)10-12-8(6-16-2)9(18-10)11(15)17-3/h4-5H,6H2,1-3H3. The number of oxazole rings is 1. The Hall–Kier alpha value is -2.15. The summed E-state index contributed by atoms with van der Waals surface area (Å²) in [6.45, 7) is 0.167. The number of carbonyl (C=O) groups excluding carboxylic acids is 1. The van der Waals surface area contributed by atoms with Crippen LogP contribution in [0, 0.1) is 0 Å². The first-order valence-electron chi connectivity index (χ1n) is 5.22. The average Bonchev–Trinajstić information content (AvgIpc) is 2.95. The van der Waals surface area contributed by atoms with Crippen LogP contribution in [0.5, 0.6) is 0 Å². The van der Waals surface area contributed by atoms with E-state index in [0.29, 0.717) is 11.4 Å². The van der Waals surface area contributed by atoms with Crippen LogP contribution in [-0.4, -0.2) is 35.0 Å². The molecule has 18 heavy (non-hydrogen) atoms. The Morgan fingerprint density at radius 1 is 1.50 bits per heavy atom. The lowest BCUT2D eigenvalue weighted by Gasteiger charge is -1.96. The number of carbonyl (C=O) groups is 1. The fourth-order valence-corrected chi connectivity index (χ4v) is 1.48. The van der Waals surface area contributed by atoms with E-state index in [2.05, 4.69) is 14.8 Å². The number of hydrogen-bond donors (Lipinski definition) is 0. The van der Waals surface area contributed by atoms with Gasteiger partial charge in [0, 0.05) is 20.4 Å². The molecule has 0 aliphatic heterocycles. The highest BCUT2D eigenvalue weighted by molar-refractivity contribution is 5.87. The Morgan fingerprint density at radius 2 is 2.28 bits per heavy atom. The van der Waals surface area contributed by atoms with Crippen LogP contribution < -0.4 is 0 Å². The third-order valence-corrected chi connectivity index (χ3v) is 2.28. The summed E-state index contributed by atoms with van der Waals surface area (Å²) in [7, 11) is 4.57. The van der Waals surface area contributed by atoms with Gasteiger partial charge in [0.15, 0.2) is 0 Å². The van der Waals surface area contributed by atoms with E-state index in [9.17, 15) is 4.79 Å². The van der Waals surface area contributed by atoms with Gasteiger partial charge in [0.25, 0.3) is 0 Å². The van der Waals surface area contributed by atoms with E-state index in [4.69, 9.17) is 9.15 Å². The molecule has 0 bridgehead atoms. The number of ether oxygens (including phenoxy) is 2. The van der Waals surface area contributed by atoms with Crippen LogP contribution in [0.3, 0.4) is 0 Å². The summed E-state index contributed by atoms with van der Waals surface area (Å²) in [6, 6.07) is 1.74. The van der Waals surface area contributed by atoms with Gasteiger partial charge in [0.2, 0.25) is 11.7 Å². The molecule has 2 aromatic rings. The minimum Gasteiger partial charge on any atom is -0.463 e. The van der Waals surface area contributed by atoms with Crippen molar-refractivity contribution in [3.8, 4) is 11.6 Å². The number of rotatable bonds is 4. The summed E-state index contributed by atoms with van der Waals surface area (Å²) in [5.74, 6) is -0.278. The van der Waals surface area contributed by atoms with E-state index in [1.807, 2.05) is 0 Å². The first-order valence-corrected chi connectivity index (χ1v) is 5.22. The summed E-state index contributed by atoms with van der Waals surface area (Å²) in [5.41, 5.74) is 0.940. The zero-order valence-electron chi connectivity index (χ0n) is 10.3. The first-order chi connectivity index (χ1) is 8.65. The van der Waals surface area contributed by atoms with E-state index >= 15 is 0 Å². The highest BCUT2D eigenvalue weighted by Gasteiger charge is 2.22. The molecule has 2 aromatic heterocycles. The Balaban J connectivity index is 2.41. The quantitative estimate of drug-likeness (QED) is 0.754. The molecule has 0 radical (unpaired) electrons. The topological polar surface area (TPSA) is 79.4 Å². The summed E-state index contributed by atoms with van der Waals surface area (Å²) < 4.78 is 16.6. The van der Waals surface area contributed by atoms with Crippen molar-refractivity contribution < 1.29 is 18.7 Å². The van der Waals surface area contributed by atoms with Crippen LogP contribution in [-0.2, 0) is 23.1 Å². The minimum atomic E-state index is -0.586. The average molecular weight is 251 g/mol. The number of methoxy groups -OCH3 is 2. The lowest BCUT2D eigenvalue weighted by atomic mass is 10.3. The van der Waals surface area contributed by atoms with Crippen LogP contribution in [0.15, 0.2) is 16.7 Å². The van der Waals surface area contributed by atoms with E-state index in [0.717, 1.165) is 0 Å². The van der Waals surface area contributed by atoms with Crippen molar-refractivity contribution >= 4 is 5.97 Å². The third-order valence-electron chi connectivity index (χ3n) is 2.28. The highest BCUT2D eigenvalue weighted by atomic mass is 16.5. The second kappa shape index (κ2) is 5.01. The van der Waals surface area contributed by atoms with Crippen LogP contribution in [0.1, 0.15) is 16.2 Å². The normalized spacial score (nSPS) is 10.6. The Labute approximate surface area is 103 Å². The van der Waals surface area contributed by atoms with Gasteiger partial charge >= 0.3 is 5.97 Å². The largest absolute Gasteiger partial charge is 0.463 e. The monoisotopic (exact) mass is 251 g/mol. The Bertz CT molecular complexity index is 558. The summed E-state index contributed by atoms with van der Waals surface area (Å²) >= 11 is 0. The molecule has 0 aliphatic carbocycles. The zero-order valence-corrected chi connectivity index (χ0v) is 10.3. The van der Waals surface area contributed by atoms with Crippen molar-refractivity contribution in [2.45, 2.75) is 6.61 Å². The predicted molar refractivity (Wildman–Crippen MR) is 60.8 cm³/mol. The maximum absolute atomic E-state index is 11.5. The number of aryl methyl sites for hydroxylation is 1. The minimum absolute atomic E-state index is 0.0417. The van der Waals surface area contributed by atoms with Gasteiger partial charge in [0.05, 0.1) is 13.7 Å². The van der Waals surface area contributed by atoms with Gasteiger partial charge in [-0.1, -0.05) is 0 Å². The van der Waals surface area contributed by atoms with Crippen molar-refractivity contribution in [1.82, 2.24) is 14.8 Å². The molecule has 0 atom stereocenters. The molecule has 0 fully saturated rings. The van der Waals surface area contributed by atoms with E-state index in [-0.39, 0.29) is 18.3 Å². The molecule has 2 rings (SSSR count). The number of nitrogens with zero attached hydrogens (tertiary/aromatic N) is 3. The second-order valence-electron chi connectivity index (χ2n) is 3.59. The van der Waals surface area contributed by atoms with Crippen LogP contribution in [0.2, 0.25) is 0 Å². The molecule has 7 nitrogen and oxygen atoms in total. The molecular weight excluding hydrogens is 238 g/mol. The van der Waals surface area contributed by atoms with Crippen LogP contribution in [0.25, 0.3) is 11.6 Å². The van der Waals surface area contributed by atoms with Crippen LogP contribution >= 0.6 is 0 Å². The van der Waals surface area contributed by atoms with Gasteiger partial charge < -0.3 is 13.9 Å². The van der Waals surface area contributed by atoms with Crippen molar-refractivity contribution in [2.24, 2.45) is 7.05 Å². The van der Waals surface area contributed by atoms with E-state index < -0.39 is 5.97 Å². The lowest BCUT2D eigenvalue weighted by molar-refractivity contribution is 0.0559. The van der Waals surface area contributed by atoms with Gasteiger partial charge in [0.1, 0.15) is 11.4 Å². The van der Waals surface area contributed by atoms with E-state index in [1.165, 1.54) is 14.2 Å². The molecular formula is C11H13N3O4. The maximum atomic E-state index is 11.5. The number of aromatic nitrogens is 3. The van der Waals surface area contributed by atoms with Crippen molar-refractivity contribution in [3.63, 3.8) is 0 Å². The zero-order chi connectivity index (χ0) is 13.1. The molecule has 0 aromatic carbocycles. The Kier molecular flexibility index (Phi) is 3.42. The summed E-state index contributed by atoms with van der Waals surface area (Å²) in [6.07, 6.45) is 1.76. The number of hydrogen-bond acceptors (Lipinski definition) is 6. The fraction of sp³-hybridized carbons (Fsp3) is 0.364. The Morgan fingerprint density at radius 3 is 2.83 bits per heavy atom. The molecule has 96 valence electrons. The van der Waals surface area contributed by atoms with Crippen molar-refractivity contribution in [2.75, 3.05) is 14.2 Å². The molecule has 0 N–H and O–H groups in total. The van der Waals surface area contributed by atoms with Gasteiger partial charge in [-0.2, -0.15) is 5.10 Å². The molecule has 0 aliphatic rings. The molecule has 0 unspecified atom stereocenters. The molecule has 0 amide bonds. The lowest BCUT2D eigenvalue weighted by Crippen LogP contribution is -2.04. The third kappa shape index (κ3) is 2.25. The molecule has 0 saturated heterocycles. The van der Waals surface area contributed by atoms with Crippen LogP contribution in [0.4, 0.5) is 0 Å². The van der Waals surface area contributed by atoms with Gasteiger partial charge in [-0.25, -0.2) is 9.78 Å². The highest BCUT2D eigenvalue weighted by Crippen LogP contribution is 2.21. The molecule has 7 heteroatoms. The van der Waals surface area contributed by atoms with Gasteiger partial charge in [-0.15, -0.1) is 0 Å². The molecule has 0 saturated carbocycles. The molecule has 2 heterocycles. The van der Waals surface area contributed by atoms with Gasteiger partial charge in [-0.3, -0.25) is 4.68 Å². The number of esters is 1. The predicted octanol–water partition coefficient (Wildman–Crippen LogP) is 1.01. The summed E-state index contributed by atoms with van der Waals surface area (Å²) in [5, 5.41) is 4.15. The maximum Gasteiger partial charge on any atom is 0.376 e. The van der Waals surface area contributed by atoms with E-state index in [1.54, 1.807) is 24.0 Å². The molecule has 0 spiro atoms.